The molecule has 0 unspecified atom stereocenters. The summed E-state index contributed by atoms with van der Waals surface area (Å²) >= 11 is 0. The van der Waals surface area contributed by atoms with Crippen LogP contribution < -0.4 is 0 Å². The van der Waals surface area contributed by atoms with Crippen molar-refractivity contribution in [1.29, 1.82) is 0 Å². The molecule has 3 aliphatic rings. The predicted molar refractivity (Wildman–Crippen MR) is 86.7 cm³/mol. The van der Waals surface area contributed by atoms with Crippen molar-refractivity contribution in [2.75, 3.05) is 19.6 Å². The van der Waals surface area contributed by atoms with E-state index in [0.29, 0.717) is 18.5 Å². The quantitative estimate of drug-likeness (QED) is 0.831. The van der Waals surface area contributed by atoms with Crippen molar-refractivity contribution in [2.45, 2.75) is 64.6 Å². The third-order valence-electron chi connectivity index (χ3n) is 5.94. The molecule has 0 N–H and O–H groups in total. The van der Waals surface area contributed by atoms with E-state index in [1.165, 1.54) is 38.5 Å². The fraction of sp³-hybridized carbons (Fsp3) is 0.824. The van der Waals surface area contributed by atoms with E-state index in [9.17, 15) is 4.79 Å². The van der Waals surface area contributed by atoms with Crippen LogP contribution in [0, 0.1) is 12.8 Å². The molecule has 1 aromatic heterocycles. The van der Waals surface area contributed by atoms with Crippen LogP contribution in [0.15, 0.2) is 0 Å². The number of hydrogen-bond acceptors (Lipinski definition) is 4. The molecule has 2 aliphatic heterocycles. The molecular weight excluding hydrogens is 290 g/mol. The molecule has 4 rings (SSSR count). The Hall–Kier alpha value is -1.43. The highest BCUT2D eigenvalue weighted by atomic mass is 16.2. The molecule has 6 heteroatoms. The fourth-order valence-electron chi connectivity index (χ4n) is 4.70. The van der Waals surface area contributed by atoms with Gasteiger partial charge in [-0.25, -0.2) is 0 Å². The summed E-state index contributed by atoms with van der Waals surface area (Å²) in [6, 6.07) is 0.515. The zero-order valence-electron chi connectivity index (χ0n) is 14.1. The van der Waals surface area contributed by atoms with Gasteiger partial charge in [0.15, 0.2) is 0 Å². The Balaban J connectivity index is 1.40. The number of aryl methyl sites for hydroxylation is 1. The summed E-state index contributed by atoms with van der Waals surface area (Å²) in [7, 11) is 0. The van der Waals surface area contributed by atoms with Gasteiger partial charge in [-0.3, -0.25) is 9.69 Å². The maximum absolute atomic E-state index is 12.9. The predicted octanol–water partition coefficient (Wildman–Crippen LogP) is 1.58. The highest BCUT2D eigenvalue weighted by Gasteiger charge is 2.36. The van der Waals surface area contributed by atoms with Gasteiger partial charge in [-0.1, -0.05) is 12.8 Å². The van der Waals surface area contributed by atoms with Crippen LogP contribution >= 0.6 is 0 Å². The summed E-state index contributed by atoms with van der Waals surface area (Å²) < 4.78 is 2.17. The third-order valence-corrected chi connectivity index (χ3v) is 5.94. The maximum Gasteiger partial charge on any atom is 0.237 e. The number of piperidine rings is 1. The van der Waals surface area contributed by atoms with E-state index in [2.05, 4.69) is 24.6 Å². The van der Waals surface area contributed by atoms with Gasteiger partial charge in [0.05, 0.1) is 13.1 Å². The van der Waals surface area contributed by atoms with E-state index in [0.717, 1.165) is 43.7 Å². The molecule has 0 aromatic carbocycles. The maximum atomic E-state index is 12.9. The minimum Gasteiger partial charge on any atom is -0.338 e. The monoisotopic (exact) mass is 317 g/mol. The lowest BCUT2D eigenvalue weighted by Gasteiger charge is -2.44. The van der Waals surface area contributed by atoms with E-state index in [-0.39, 0.29) is 0 Å². The summed E-state index contributed by atoms with van der Waals surface area (Å²) in [5.74, 6) is 3.06. The number of amides is 1. The first-order chi connectivity index (χ1) is 11.2. The highest BCUT2D eigenvalue weighted by molar-refractivity contribution is 5.78. The molecule has 1 saturated heterocycles. The number of carbonyl (C=O) groups is 1. The SMILES string of the molecule is Cc1nnc2n1CCN(CC(=O)N1CCC[C@@H]3CCCC[C@@H]31)C2. The van der Waals surface area contributed by atoms with Gasteiger partial charge in [0.2, 0.25) is 5.91 Å². The molecule has 23 heavy (non-hydrogen) atoms. The van der Waals surface area contributed by atoms with Crippen molar-refractivity contribution >= 4 is 5.91 Å². The van der Waals surface area contributed by atoms with Crippen molar-refractivity contribution in [2.24, 2.45) is 5.92 Å². The zero-order chi connectivity index (χ0) is 15.8. The van der Waals surface area contributed by atoms with E-state index < -0.39 is 0 Å². The normalized spacial score (nSPS) is 28.3. The topological polar surface area (TPSA) is 54.3 Å². The van der Waals surface area contributed by atoms with Crippen LogP contribution in [0.1, 0.15) is 50.2 Å². The number of hydrogen-bond donors (Lipinski definition) is 0. The number of rotatable bonds is 2. The smallest absolute Gasteiger partial charge is 0.237 e. The van der Waals surface area contributed by atoms with Crippen LogP contribution in [-0.4, -0.2) is 56.1 Å². The average Bonchev–Trinajstić information content (AvgIpc) is 2.95. The molecule has 0 spiro atoms. The van der Waals surface area contributed by atoms with Crippen molar-refractivity contribution in [3.63, 3.8) is 0 Å². The highest BCUT2D eigenvalue weighted by Crippen LogP contribution is 2.35. The van der Waals surface area contributed by atoms with Gasteiger partial charge in [-0.05, 0) is 38.5 Å². The molecule has 1 aliphatic carbocycles. The van der Waals surface area contributed by atoms with Crippen molar-refractivity contribution in [1.82, 2.24) is 24.6 Å². The van der Waals surface area contributed by atoms with Crippen LogP contribution in [0.2, 0.25) is 0 Å². The molecule has 1 saturated carbocycles. The van der Waals surface area contributed by atoms with Crippen molar-refractivity contribution in [3.05, 3.63) is 11.6 Å². The largest absolute Gasteiger partial charge is 0.338 e. The van der Waals surface area contributed by atoms with Crippen molar-refractivity contribution < 1.29 is 4.79 Å². The Morgan fingerprint density at radius 2 is 1.91 bits per heavy atom. The Morgan fingerprint density at radius 3 is 2.83 bits per heavy atom. The Labute approximate surface area is 137 Å². The number of carbonyl (C=O) groups excluding carboxylic acids is 1. The molecule has 6 nitrogen and oxygen atoms in total. The van der Waals surface area contributed by atoms with Crippen LogP contribution in [0.25, 0.3) is 0 Å². The first-order valence-electron chi connectivity index (χ1n) is 9.13. The lowest BCUT2D eigenvalue weighted by molar-refractivity contribution is -0.139. The second-order valence-corrected chi connectivity index (χ2v) is 7.37. The van der Waals surface area contributed by atoms with Gasteiger partial charge in [0, 0.05) is 25.7 Å². The molecule has 0 bridgehead atoms. The standard InChI is InChI=1S/C17H27N5O/c1-13-18-19-16-11-20(9-10-21(13)16)12-17(23)22-8-4-6-14-5-2-3-7-15(14)22/h14-15H,2-12H2,1H3/t14-,15-/m0/s1. The first kappa shape index (κ1) is 15.1. The third kappa shape index (κ3) is 2.89. The summed E-state index contributed by atoms with van der Waals surface area (Å²) in [6.07, 6.45) is 7.67. The summed E-state index contributed by atoms with van der Waals surface area (Å²) in [4.78, 5) is 17.3. The second-order valence-electron chi connectivity index (χ2n) is 7.37. The van der Waals surface area contributed by atoms with E-state index in [1.54, 1.807) is 0 Å². The molecule has 126 valence electrons. The van der Waals surface area contributed by atoms with E-state index in [1.807, 2.05) is 6.92 Å². The number of nitrogens with zero attached hydrogens (tertiary/aromatic N) is 5. The van der Waals surface area contributed by atoms with Crippen LogP contribution in [0.3, 0.4) is 0 Å². The molecule has 0 radical (unpaired) electrons. The number of likely N-dealkylation sites (tertiary alicyclic amines) is 1. The molecule has 2 atom stereocenters. The summed E-state index contributed by atoms with van der Waals surface area (Å²) in [6.45, 7) is 6.05. The molecule has 2 fully saturated rings. The van der Waals surface area contributed by atoms with E-state index >= 15 is 0 Å². The van der Waals surface area contributed by atoms with Gasteiger partial charge >= 0.3 is 0 Å². The molecular formula is C17H27N5O. The molecule has 1 amide bonds. The summed E-state index contributed by atoms with van der Waals surface area (Å²) in [5, 5.41) is 8.38. The van der Waals surface area contributed by atoms with Gasteiger partial charge in [-0.2, -0.15) is 0 Å². The Morgan fingerprint density at radius 1 is 1.09 bits per heavy atom. The fourth-order valence-corrected chi connectivity index (χ4v) is 4.70. The molecule has 3 heterocycles. The second kappa shape index (κ2) is 6.23. The van der Waals surface area contributed by atoms with Gasteiger partial charge in [-0.15, -0.1) is 10.2 Å². The Bertz CT molecular complexity index is 582. The van der Waals surface area contributed by atoms with Crippen LogP contribution in [0.4, 0.5) is 0 Å². The lowest BCUT2D eigenvalue weighted by atomic mass is 9.78. The lowest BCUT2D eigenvalue weighted by Crippen LogP contribution is -2.53. The van der Waals surface area contributed by atoms with E-state index in [4.69, 9.17) is 0 Å². The number of aromatic nitrogens is 3. The van der Waals surface area contributed by atoms with Crippen LogP contribution in [-0.2, 0) is 17.9 Å². The van der Waals surface area contributed by atoms with Gasteiger partial charge in [0.1, 0.15) is 11.6 Å². The number of fused-ring (bicyclic) bond motifs is 2. The minimum atomic E-state index is 0.325. The van der Waals surface area contributed by atoms with Gasteiger partial charge in [0.25, 0.3) is 0 Å². The molecule has 1 aromatic rings. The summed E-state index contributed by atoms with van der Waals surface area (Å²) in [5.41, 5.74) is 0. The average molecular weight is 317 g/mol. The van der Waals surface area contributed by atoms with Crippen molar-refractivity contribution in [3.8, 4) is 0 Å². The zero-order valence-corrected chi connectivity index (χ0v) is 14.1. The Kier molecular flexibility index (Phi) is 4.09. The minimum absolute atomic E-state index is 0.325. The first-order valence-corrected chi connectivity index (χ1v) is 9.13. The van der Waals surface area contributed by atoms with Gasteiger partial charge < -0.3 is 9.47 Å². The van der Waals surface area contributed by atoms with Crippen LogP contribution in [0.5, 0.6) is 0 Å².